The summed E-state index contributed by atoms with van der Waals surface area (Å²) in [6.07, 6.45) is 1.64. The summed E-state index contributed by atoms with van der Waals surface area (Å²) in [5, 5.41) is 3.81. The van der Waals surface area contributed by atoms with Crippen LogP contribution in [0.1, 0.15) is 22.7 Å². The van der Waals surface area contributed by atoms with Gasteiger partial charge < -0.3 is 10.2 Å². The van der Waals surface area contributed by atoms with Crippen LogP contribution in [0.5, 0.6) is 0 Å². The number of nitrogens with zero attached hydrogens (tertiary/aromatic N) is 3. The van der Waals surface area contributed by atoms with Crippen molar-refractivity contribution in [3.05, 3.63) is 75.8 Å². The largest absolute Gasteiger partial charge is 0.369 e. The molecule has 1 atom stereocenters. The van der Waals surface area contributed by atoms with E-state index in [1.165, 1.54) is 12.1 Å². The van der Waals surface area contributed by atoms with Gasteiger partial charge >= 0.3 is 0 Å². The van der Waals surface area contributed by atoms with E-state index >= 15 is 0 Å². The van der Waals surface area contributed by atoms with E-state index in [4.69, 9.17) is 16.6 Å². The van der Waals surface area contributed by atoms with Crippen molar-refractivity contribution in [3.8, 4) is 0 Å². The Balaban J connectivity index is 1.93. The number of benzene rings is 2. The predicted molar refractivity (Wildman–Crippen MR) is 98.8 cm³/mol. The van der Waals surface area contributed by atoms with Gasteiger partial charge in [-0.1, -0.05) is 41.4 Å². The number of rotatable bonds is 1. The summed E-state index contributed by atoms with van der Waals surface area (Å²) >= 11 is 6.33. The fourth-order valence-electron chi connectivity index (χ4n) is 3.05. The summed E-state index contributed by atoms with van der Waals surface area (Å²) in [5.74, 6) is 0.438. The van der Waals surface area contributed by atoms with Gasteiger partial charge in [0, 0.05) is 12.6 Å². The Kier molecular flexibility index (Phi) is 3.81. The number of halogens is 2. The maximum atomic E-state index is 13.4. The quantitative estimate of drug-likeness (QED) is 0.778. The van der Waals surface area contributed by atoms with Crippen molar-refractivity contribution >= 4 is 29.5 Å². The molecule has 0 spiro atoms. The number of likely N-dealkylation sites (N-methyl/N-ethyl adjacent to an activating group) is 1. The smallest absolute Gasteiger partial charge is 0.160 e. The van der Waals surface area contributed by atoms with Gasteiger partial charge in [0.1, 0.15) is 11.5 Å². The molecule has 0 fully saturated rings. The molecule has 0 amide bonds. The molecule has 0 aromatic heterocycles. The Morgan fingerprint density at radius 1 is 1.16 bits per heavy atom. The molecule has 6 heteroatoms. The van der Waals surface area contributed by atoms with Gasteiger partial charge in [-0.3, -0.25) is 0 Å². The van der Waals surface area contributed by atoms with Crippen molar-refractivity contribution in [1.82, 2.24) is 10.2 Å². The zero-order valence-electron chi connectivity index (χ0n) is 13.8. The topological polar surface area (TPSA) is 40.0 Å². The van der Waals surface area contributed by atoms with E-state index in [0.29, 0.717) is 16.7 Å². The van der Waals surface area contributed by atoms with Crippen molar-refractivity contribution in [3.63, 3.8) is 0 Å². The van der Waals surface area contributed by atoms with Gasteiger partial charge in [0.05, 0.1) is 18.1 Å². The summed E-state index contributed by atoms with van der Waals surface area (Å²) in [6.45, 7) is 2.04. The van der Waals surface area contributed by atoms with Gasteiger partial charge in [-0.15, -0.1) is 0 Å². The number of fused-ring (bicyclic) bond motifs is 2. The van der Waals surface area contributed by atoms with E-state index in [1.807, 2.05) is 31.0 Å². The van der Waals surface area contributed by atoms with E-state index in [0.717, 1.165) is 22.4 Å². The Bertz CT molecular complexity index is 931. The maximum absolute atomic E-state index is 13.4. The molecule has 2 aromatic carbocycles. The first-order chi connectivity index (χ1) is 12.0. The summed E-state index contributed by atoms with van der Waals surface area (Å²) in [7, 11) is 1.87. The average Bonchev–Trinajstić information content (AvgIpc) is 2.77. The molecule has 1 N–H and O–H groups in total. The van der Waals surface area contributed by atoms with E-state index in [-0.39, 0.29) is 11.9 Å². The number of amidine groups is 1. The third kappa shape index (κ3) is 2.81. The first kappa shape index (κ1) is 15.8. The molecule has 2 aliphatic heterocycles. The molecule has 0 saturated heterocycles. The SMILES string of the molecule is Cc1ccc2c(c1)C(c1ccc(F)cc1)NC1=C(Cl)N=CN(C)C1=N2. The van der Waals surface area contributed by atoms with Crippen LogP contribution < -0.4 is 5.32 Å². The van der Waals surface area contributed by atoms with Crippen LogP contribution in [-0.4, -0.2) is 24.1 Å². The van der Waals surface area contributed by atoms with Crippen molar-refractivity contribution in [2.24, 2.45) is 9.98 Å². The minimum Gasteiger partial charge on any atom is -0.369 e. The highest BCUT2D eigenvalue weighted by molar-refractivity contribution is 6.33. The molecule has 4 nitrogen and oxygen atoms in total. The Morgan fingerprint density at radius 3 is 2.68 bits per heavy atom. The molecule has 0 saturated carbocycles. The maximum Gasteiger partial charge on any atom is 0.160 e. The van der Waals surface area contributed by atoms with Crippen LogP contribution in [0.4, 0.5) is 10.1 Å². The third-order valence-electron chi connectivity index (χ3n) is 4.32. The molecule has 2 aromatic rings. The van der Waals surface area contributed by atoms with Crippen LogP contribution in [0.15, 0.2) is 63.3 Å². The zero-order chi connectivity index (χ0) is 17.6. The van der Waals surface area contributed by atoms with Crippen LogP contribution >= 0.6 is 11.6 Å². The normalized spacial score (nSPS) is 19.0. The minimum atomic E-state index is -0.266. The molecule has 2 heterocycles. The number of aliphatic imine (C=N–C) groups is 2. The van der Waals surface area contributed by atoms with Crippen molar-refractivity contribution in [2.75, 3.05) is 7.05 Å². The van der Waals surface area contributed by atoms with Crippen LogP contribution in [0.2, 0.25) is 0 Å². The second-order valence-electron chi connectivity index (χ2n) is 6.15. The predicted octanol–water partition coefficient (Wildman–Crippen LogP) is 4.24. The average molecular weight is 355 g/mol. The number of aryl methyl sites for hydroxylation is 1. The lowest BCUT2D eigenvalue weighted by molar-refractivity contribution is 0.624. The van der Waals surface area contributed by atoms with Crippen LogP contribution in [0.3, 0.4) is 0 Å². The van der Waals surface area contributed by atoms with E-state index < -0.39 is 0 Å². The highest BCUT2D eigenvalue weighted by Crippen LogP contribution is 2.36. The fraction of sp³-hybridized carbons (Fsp3) is 0.158. The second-order valence-corrected chi connectivity index (χ2v) is 6.51. The van der Waals surface area contributed by atoms with Crippen LogP contribution in [-0.2, 0) is 0 Å². The molecular weight excluding hydrogens is 339 g/mol. The molecular formula is C19H16ClFN4. The standard InChI is InChI=1S/C19H16ClFN4/c1-11-3-8-15-14(9-11)16(12-4-6-13(21)7-5-12)24-17-18(20)22-10-25(2)19(17)23-15/h3-10,16,24H,1-2H3. The van der Waals surface area contributed by atoms with Gasteiger partial charge in [-0.05, 0) is 30.7 Å². The molecule has 25 heavy (non-hydrogen) atoms. The molecule has 126 valence electrons. The molecule has 0 bridgehead atoms. The monoisotopic (exact) mass is 354 g/mol. The lowest BCUT2D eigenvalue weighted by Crippen LogP contribution is -2.36. The van der Waals surface area contributed by atoms with Crippen molar-refractivity contribution in [2.45, 2.75) is 13.0 Å². The van der Waals surface area contributed by atoms with Crippen LogP contribution in [0, 0.1) is 12.7 Å². The molecule has 1 unspecified atom stereocenters. The molecule has 2 aliphatic rings. The summed E-state index contributed by atoms with van der Waals surface area (Å²) in [5.41, 5.74) is 4.58. The molecule has 4 rings (SSSR count). The first-order valence-electron chi connectivity index (χ1n) is 7.91. The van der Waals surface area contributed by atoms with E-state index in [1.54, 1.807) is 18.5 Å². The number of hydrogen-bond donors (Lipinski definition) is 1. The number of hydrogen-bond acceptors (Lipinski definition) is 4. The summed E-state index contributed by atoms with van der Waals surface area (Å²) < 4.78 is 13.4. The van der Waals surface area contributed by atoms with Gasteiger partial charge in [-0.25, -0.2) is 14.4 Å². The number of nitrogens with one attached hydrogen (secondary N) is 1. The molecule has 0 aliphatic carbocycles. The Hall–Kier alpha value is -2.66. The van der Waals surface area contributed by atoms with E-state index in [9.17, 15) is 4.39 Å². The van der Waals surface area contributed by atoms with E-state index in [2.05, 4.69) is 16.4 Å². The van der Waals surface area contributed by atoms with Gasteiger partial charge in [0.25, 0.3) is 0 Å². The Morgan fingerprint density at radius 2 is 1.92 bits per heavy atom. The lowest BCUT2D eigenvalue weighted by Gasteiger charge is -2.25. The fourth-order valence-corrected chi connectivity index (χ4v) is 3.23. The van der Waals surface area contributed by atoms with Crippen molar-refractivity contribution < 1.29 is 4.39 Å². The first-order valence-corrected chi connectivity index (χ1v) is 8.29. The highest BCUT2D eigenvalue weighted by Gasteiger charge is 2.29. The zero-order valence-corrected chi connectivity index (χ0v) is 14.5. The van der Waals surface area contributed by atoms with Crippen LogP contribution in [0.25, 0.3) is 0 Å². The molecule has 0 radical (unpaired) electrons. The second kappa shape index (κ2) is 6.01. The Labute approximate surface area is 150 Å². The highest BCUT2D eigenvalue weighted by atomic mass is 35.5. The third-order valence-corrected chi connectivity index (χ3v) is 4.61. The minimum absolute atomic E-state index is 0.206. The summed E-state index contributed by atoms with van der Waals surface area (Å²) in [6, 6.07) is 12.4. The lowest BCUT2D eigenvalue weighted by atomic mass is 9.96. The van der Waals surface area contributed by atoms with Gasteiger partial charge in [-0.2, -0.15) is 0 Å². The summed E-state index contributed by atoms with van der Waals surface area (Å²) in [4.78, 5) is 10.8. The van der Waals surface area contributed by atoms with Crippen molar-refractivity contribution in [1.29, 1.82) is 0 Å². The van der Waals surface area contributed by atoms with Gasteiger partial charge in [0.2, 0.25) is 0 Å². The van der Waals surface area contributed by atoms with Gasteiger partial charge in [0.15, 0.2) is 11.0 Å².